The summed E-state index contributed by atoms with van der Waals surface area (Å²) in [5.41, 5.74) is 0. The Morgan fingerprint density at radius 1 is 1.15 bits per heavy atom. The maximum atomic E-state index is 5.01. The Hall–Kier alpha value is -0.940. The Morgan fingerprint density at radius 2 is 1.90 bits per heavy atom. The zero-order chi connectivity index (χ0) is 14.5. The first-order chi connectivity index (χ1) is 9.88. The number of nitrogens with one attached hydrogen (secondary N) is 1. The number of aryl methyl sites for hydroxylation is 1. The van der Waals surface area contributed by atoms with Crippen LogP contribution in [-0.4, -0.2) is 35.0 Å². The Labute approximate surface area is 123 Å². The van der Waals surface area contributed by atoms with E-state index in [1.54, 1.807) is 13.4 Å². The molecule has 0 aliphatic heterocycles. The third-order valence-corrected chi connectivity index (χ3v) is 3.44. The first-order valence-electron chi connectivity index (χ1n) is 7.94. The van der Waals surface area contributed by atoms with Crippen LogP contribution in [0, 0.1) is 0 Å². The van der Waals surface area contributed by atoms with Crippen LogP contribution in [0.1, 0.15) is 57.7 Å². The van der Waals surface area contributed by atoms with Gasteiger partial charge in [-0.15, -0.1) is 0 Å². The monoisotopic (exact) mass is 282 g/mol. The second-order valence-electron chi connectivity index (χ2n) is 5.19. The molecule has 1 N–H and O–H groups in total. The molecular formula is C15H30N4O. The Balaban J connectivity index is 2.09. The predicted molar refractivity (Wildman–Crippen MR) is 81.6 cm³/mol. The second-order valence-corrected chi connectivity index (χ2v) is 5.19. The molecule has 20 heavy (non-hydrogen) atoms. The van der Waals surface area contributed by atoms with Crippen molar-refractivity contribution in [2.24, 2.45) is 0 Å². The highest BCUT2D eigenvalue weighted by Gasteiger charge is 2.03. The van der Waals surface area contributed by atoms with Crippen LogP contribution in [0.25, 0.3) is 0 Å². The van der Waals surface area contributed by atoms with Crippen molar-refractivity contribution in [2.75, 3.05) is 20.3 Å². The number of rotatable bonds is 13. The lowest BCUT2D eigenvalue weighted by molar-refractivity contribution is 0.198. The normalized spacial score (nSPS) is 11.1. The van der Waals surface area contributed by atoms with E-state index in [-0.39, 0.29) is 0 Å². The highest BCUT2D eigenvalue weighted by atomic mass is 16.5. The zero-order valence-electron chi connectivity index (χ0n) is 13.1. The van der Waals surface area contributed by atoms with Gasteiger partial charge in [-0.05, 0) is 6.42 Å². The van der Waals surface area contributed by atoms with Crippen molar-refractivity contribution in [1.82, 2.24) is 20.1 Å². The minimum atomic E-state index is 0.728. The Bertz CT molecular complexity index is 327. The molecule has 1 aromatic heterocycles. The molecule has 0 atom stereocenters. The lowest BCUT2D eigenvalue weighted by atomic mass is 10.1. The maximum absolute atomic E-state index is 5.01. The van der Waals surface area contributed by atoms with Gasteiger partial charge in [0.15, 0.2) is 0 Å². The molecule has 0 unspecified atom stereocenters. The summed E-state index contributed by atoms with van der Waals surface area (Å²) in [6.07, 6.45) is 10.9. The number of unbranched alkanes of at least 4 members (excludes halogenated alkanes) is 6. The summed E-state index contributed by atoms with van der Waals surface area (Å²) in [5, 5.41) is 7.60. The van der Waals surface area contributed by atoms with Crippen molar-refractivity contribution in [3.05, 3.63) is 12.2 Å². The van der Waals surface area contributed by atoms with Crippen molar-refractivity contribution in [3.8, 4) is 0 Å². The summed E-state index contributed by atoms with van der Waals surface area (Å²) in [7, 11) is 1.71. The van der Waals surface area contributed by atoms with Crippen molar-refractivity contribution >= 4 is 0 Å². The van der Waals surface area contributed by atoms with Crippen molar-refractivity contribution < 1.29 is 4.74 Å². The fourth-order valence-electron chi connectivity index (χ4n) is 2.20. The molecular weight excluding hydrogens is 252 g/mol. The van der Waals surface area contributed by atoms with E-state index in [1.165, 1.54) is 44.9 Å². The van der Waals surface area contributed by atoms with Crippen LogP contribution in [0.5, 0.6) is 0 Å². The molecule has 5 nitrogen and oxygen atoms in total. The van der Waals surface area contributed by atoms with Crippen LogP contribution < -0.4 is 5.32 Å². The summed E-state index contributed by atoms with van der Waals surface area (Å²) < 4.78 is 7.03. The third-order valence-electron chi connectivity index (χ3n) is 3.44. The summed E-state index contributed by atoms with van der Waals surface area (Å²) >= 11 is 0. The first-order valence-corrected chi connectivity index (χ1v) is 7.94. The SMILES string of the molecule is CCCCCCCCCn1ncnc1CNCCOC. The summed E-state index contributed by atoms with van der Waals surface area (Å²) in [6.45, 7) is 5.58. The van der Waals surface area contributed by atoms with E-state index in [0.717, 1.165) is 32.1 Å². The molecule has 5 heteroatoms. The van der Waals surface area contributed by atoms with Gasteiger partial charge in [0.25, 0.3) is 0 Å². The van der Waals surface area contributed by atoms with Gasteiger partial charge < -0.3 is 10.1 Å². The van der Waals surface area contributed by atoms with Gasteiger partial charge in [-0.1, -0.05) is 45.4 Å². The fraction of sp³-hybridized carbons (Fsp3) is 0.867. The number of methoxy groups -OCH3 is 1. The molecule has 0 bridgehead atoms. The molecule has 0 spiro atoms. The van der Waals surface area contributed by atoms with Gasteiger partial charge in [0.1, 0.15) is 12.2 Å². The maximum Gasteiger partial charge on any atom is 0.140 e. The standard InChI is InChI=1S/C15H30N4O/c1-3-4-5-6-7-8-9-11-19-15(17-14-18-19)13-16-10-12-20-2/h14,16H,3-13H2,1-2H3. The van der Waals surface area contributed by atoms with Crippen LogP contribution in [0.2, 0.25) is 0 Å². The number of aromatic nitrogens is 3. The average Bonchev–Trinajstić information content (AvgIpc) is 2.90. The van der Waals surface area contributed by atoms with E-state index < -0.39 is 0 Å². The zero-order valence-corrected chi connectivity index (χ0v) is 13.1. The third kappa shape index (κ3) is 7.60. The topological polar surface area (TPSA) is 52.0 Å². The molecule has 0 saturated heterocycles. The lowest BCUT2D eigenvalue weighted by Gasteiger charge is -2.07. The number of nitrogens with zero attached hydrogens (tertiary/aromatic N) is 3. The fourth-order valence-corrected chi connectivity index (χ4v) is 2.20. The van der Waals surface area contributed by atoms with Crippen molar-refractivity contribution in [2.45, 2.75) is 65.0 Å². The van der Waals surface area contributed by atoms with Gasteiger partial charge in [-0.25, -0.2) is 9.67 Å². The van der Waals surface area contributed by atoms with E-state index in [4.69, 9.17) is 4.74 Å². The molecule has 0 radical (unpaired) electrons. The molecule has 1 aromatic rings. The average molecular weight is 282 g/mol. The Morgan fingerprint density at radius 3 is 2.65 bits per heavy atom. The van der Waals surface area contributed by atoms with Crippen LogP contribution in [-0.2, 0) is 17.8 Å². The highest BCUT2D eigenvalue weighted by Crippen LogP contribution is 2.08. The van der Waals surface area contributed by atoms with Crippen LogP contribution >= 0.6 is 0 Å². The van der Waals surface area contributed by atoms with E-state index in [9.17, 15) is 0 Å². The van der Waals surface area contributed by atoms with Crippen molar-refractivity contribution in [3.63, 3.8) is 0 Å². The summed E-state index contributed by atoms with van der Waals surface area (Å²) in [6, 6.07) is 0. The van der Waals surface area contributed by atoms with Gasteiger partial charge in [0.05, 0.1) is 13.2 Å². The summed E-state index contributed by atoms with van der Waals surface area (Å²) in [5.74, 6) is 1.02. The minimum Gasteiger partial charge on any atom is -0.383 e. The van der Waals surface area contributed by atoms with E-state index in [2.05, 4.69) is 22.3 Å². The predicted octanol–water partition coefficient (Wildman–Crippen LogP) is 2.76. The highest BCUT2D eigenvalue weighted by molar-refractivity contribution is 4.83. The molecule has 1 heterocycles. The molecule has 0 saturated carbocycles. The quantitative estimate of drug-likeness (QED) is 0.565. The molecule has 0 aliphatic rings. The van der Waals surface area contributed by atoms with E-state index >= 15 is 0 Å². The number of hydrogen-bond donors (Lipinski definition) is 1. The van der Waals surface area contributed by atoms with Gasteiger partial charge in [-0.3, -0.25) is 0 Å². The Kier molecular flexibility index (Phi) is 10.1. The van der Waals surface area contributed by atoms with Crippen molar-refractivity contribution in [1.29, 1.82) is 0 Å². The smallest absolute Gasteiger partial charge is 0.140 e. The molecule has 1 rings (SSSR count). The lowest BCUT2D eigenvalue weighted by Crippen LogP contribution is -2.21. The summed E-state index contributed by atoms with van der Waals surface area (Å²) in [4.78, 5) is 4.30. The minimum absolute atomic E-state index is 0.728. The molecule has 0 aromatic carbocycles. The van der Waals surface area contributed by atoms with Crippen LogP contribution in [0.3, 0.4) is 0 Å². The largest absolute Gasteiger partial charge is 0.383 e. The number of hydrogen-bond acceptors (Lipinski definition) is 4. The molecule has 0 aliphatic carbocycles. The van der Waals surface area contributed by atoms with E-state index in [0.29, 0.717) is 0 Å². The van der Waals surface area contributed by atoms with Crippen LogP contribution in [0.15, 0.2) is 6.33 Å². The second kappa shape index (κ2) is 11.9. The van der Waals surface area contributed by atoms with Gasteiger partial charge in [-0.2, -0.15) is 5.10 Å². The van der Waals surface area contributed by atoms with Gasteiger partial charge in [0.2, 0.25) is 0 Å². The van der Waals surface area contributed by atoms with Gasteiger partial charge in [0, 0.05) is 20.2 Å². The van der Waals surface area contributed by atoms with E-state index in [1.807, 2.05) is 4.68 Å². The molecule has 116 valence electrons. The number of ether oxygens (including phenoxy) is 1. The molecule has 0 fully saturated rings. The van der Waals surface area contributed by atoms with Gasteiger partial charge >= 0.3 is 0 Å². The first kappa shape index (κ1) is 17.1. The molecule has 0 amide bonds. The van der Waals surface area contributed by atoms with Crippen LogP contribution in [0.4, 0.5) is 0 Å².